The number of carbonyl (C=O) groups is 1. The topological polar surface area (TPSA) is 42.0 Å². The van der Waals surface area contributed by atoms with E-state index in [4.69, 9.17) is 0 Å². The number of hydrogen-bond donors (Lipinski definition) is 1. The quantitative estimate of drug-likeness (QED) is 0.819. The fourth-order valence-electron chi connectivity index (χ4n) is 2.78. The third-order valence-corrected chi connectivity index (χ3v) is 5.27. The maximum atomic E-state index is 13.3. The molecule has 2 aromatic rings. The Morgan fingerprint density at radius 1 is 1.24 bits per heavy atom. The third kappa shape index (κ3) is 4.18. The van der Waals surface area contributed by atoms with Gasteiger partial charge in [-0.25, -0.2) is 9.37 Å². The summed E-state index contributed by atoms with van der Waals surface area (Å²) in [7, 11) is 0. The number of hydrogen-bond acceptors (Lipinski definition) is 3. The Labute approximate surface area is 146 Å². The summed E-state index contributed by atoms with van der Waals surface area (Å²) in [6, 6.07) is 2.24. The van der Waals surface area contributed by atoms with Crippen molar-refractivity contribution in [2.24, 2.45) is 0 Å². The van der Waals surface area contributed by atoms with Crippen molar-refractivity contribution in [3.8, 4) is 0 Å². The average Bonchev–Trinajstić information content (AvgIpc) is 2.96. The van der Waals surface area contributed by atoms with E-state index in [1.807, 2.05) is 0 Å². The first kappa shape index (κ1) is 17.8. The van der Waals surface area contributed by atoms with Gasteiger partial charge in [0.1, 0.15) is 5.82 Å². The van der Waals surface area contributed by atoms with E-state index in [-0.39, 0.29) is 12.1 Å². The minimum Gasteiger partial charge on any atom is -0.352 e. The van der Waals surface area contributed by atoms with Crippen LogP contribution in [0.25, 0.3) is 0 Å². The first-order valence-corrected chi connectivity index (χ1v) is 8.78. The zero-order valence-corrected chi connectivity index (χ0v) is 14.1. The molecule has 1 aliphatic carbocycles. The van der Waals surface area contributed by atoms with Crippen LogP contribution in [0.15, 0.2) is 18.2 Å². The summed E-state index contributed by atoms with van der Waals surface area (Å²) in [5.41, 5.74) is -0.522. The van der Waals surface area contributed by atoms with Gasteiger partial charge in [0.15, 0.2) is 0 Å². The zero-order chi connectivity index (χ0) is 18.0. The van der Waals surface area contributed by atoms with Gasteiger partial charge in [-0.2, -0.15) is 13.2 Å². The van der Waals surface area contributed by atoms with Crippen LogP contribution in [0.5, 0.6) is 0 Å². The Balaban J connectivity index is 1.60. The Morgan fingerprint density at radius 3 is 2.72 bits per heavy atom. The maximum Gasteiger partial charge on any atom is 0.419 e. The van der Waals surface area contributed by atoms with Gasteiger partial charge in [-0.05, 0) is 43.9 Å². The van der Waals surface area contributed by atoms with Gasteiger partial charge in [-0.15, -0.1) is 11.3 Å². The number of halogens is 4. The van der Waals surface area contributed by atoms with Crippen LogP contribution in [0.1, 0.15) is 44.3 Å². The molecule has 8 heteroatoms. The van der Waals surface area contributed by atoms with Gasteiger partial charge >= 0.3 is 6.18 Å². The standard InChI is InChI=1S/C17H16F4N2OS/c18-12-6-5-10(9-11(12)17(19,20)21)16(24)22-8-7-15-23-13-3-1-2-4-14(13)25-15/h5-6,9H,1-4,7-8H2,(H,22,24). The Morgan fingerprint density at radius 2 is 2.00 bits per heavy atom. The molecule has 3 rings (SSSR count). The van der Waals surface area contributed by atoms with Crippen molar-refractivity contribution in [2.45, 2.75) is 38.3 Å². The van der Waals surface area contributed by atoms with Crippen LogP contribution in [-0.2, 0) is 25.4 Å². The molecule has 0 saturated heterocycles. The number of carbonyl (C=O) groups excluding carboxylic acids is 1. The molecule has 25 heavy (non-hydrogen) atoms. The molecule has 3 nitrogen and oxygen atoms in total. The molecule has 1 aliphatic rings. The van der Waals surface area contributed by atoms with E-state index in [0.717, 1.165) is 42.5 Å². The van der Waals surface area contributed by atoms with Crippen molar-refractivity contribution in [1.82, 2.24) is 10.3 Å². The minimum absolute atomic E-state index is 0.216. The van der Waals surface area contributed by atoms with Crippen LogP contribution in [0.2, 0.25) is 0 Å². The highest BCUT2D eigenvalue weighted by Gasteiger charge is 2.34. The SMILES string of the molecule is O=C(NCCc1nc2c(s1)CCCC2)c1ccc(F)c(C(F)(F)F)c1. The van der Waals surface area contributed by atoms with Gasteiger partial charge in [0.2, 0.25) is 0 Å². The maximum absolute atomic E-state index is 13.3. The number of nitrogens with one attached hydrogen (secondary N) is 1. The zero-order valence-electron chi connectivity index (χ0n) is 13.3. The van der Waals surface area contributed by atoms with Crippen LogP contribution >= 0.6 is 11.3 Å². The number of benzene rings is 1. The summed E-state index contributed by atoms with van der Waals surface area (Å²) in [6.45, 7) is 0.268. The molecule has 134 valence electrons. The number of alkyl halides is 3. The fraction of sp³-hybridized carbons (Fsp3) is 0.412. The summed E-state index contributed by atoms with van der Waals surface area (Å²) >= 11 is 1.63. The molecule has 0 spiro atoms. The highest BCUT2D eigenvalue weighted by molar-refractivity contribution is 7.11. The lowest BCUT2D eigenvalue weighted by molar-refractivity contribution is -0.140. The summed E-state index contributed by atoms with van der Waals surface area (Å²) in [5, 5.41) is 3.48. The van der Waals surface area contributed by atoms with Crippen LogP contribution < -0.4 is 5.32 Å². The van der Waals surface area contributed by atoms with Gasteiger partial charge in [0.05, 0.1) is 16.3 Å². The molecule has 0 radical (unpaired) electrons. The molecule has 1 amide bonds. The molecule has 1 aromatic heterocycles. The van der Waals surface area contributed by atoms with Crippen LogP contribution in [0, 0.1) is 5.82 Å². The van der Waals surface area contributed by atoms with Gasteiger partial charge in [-0.1, -0.05) is 0 Å². The second-order valence-electron chi connectivity index (χ2n) is 5.88. The van der Waals surface area contributed by atoms with E-state index < -0.39 is 23.5 Å². The average molecular weight is 372 g/mol. The second kappa shape index (κ2) is 7.11. The predicted molar refractivity (Wildman–Crippen MR) is 86.2 cm³/mol. The molecule has 0 atom stereocenters. The van der Waals surface area contributed by atoms with Crippen molar-refractivity contribution < 1.29 is 22.4 Å². The predicted octanol–water partition coefficient (Wildman–Crippen LogP) is 4.15. The monoisotopic (exact) mass is 372 g/mol. The van der Waals surface area contributed by atoms with E-state index in [1.165, 1.54) is 4.88 Å². The summed E-state index contributed by atoms with van der Waals surface area (Å²) in [5.74, 6) is -2.05. The van der Waals surface area contributed by atoms with Gasteiger partial charge in [-0.3, -0.25) is 4.79 Å². The van der Waals surface area contributed by atoms with Crippen molar-refractivity contribution in [1.29, 1.82) is 0 Å². The molecule has 0 aliphatic heterocycles. The van der Waals surface area contributed by atoms with Gasteiger partial charge in [0.25, 0.3) is 5.91 Å². The molecule has 1 aromatic carbocycles. The van der Waals surface area contributed by atoms with Gasteiger partial charge < -0.3 is 5.32 Å². The fourth-order valence-corrected chi connectivity index (χ4v) is 3.94. The van der Waals surface area contributed by atoms with Crippen molar-refractivity contribution in [3.63, 3.8) is 0 Å². The summed E-state index contributed by atoms with van der Waals surface area (Å²) in [6.07, 6.45) is 0.0106. The highest BCUT2D eigenvalue weighted by atomic mass is 32.1. The molecular weight excluding hydrogens is 356 g/mol. The first-order chi connectivity index (χ1) is 11.8. The van der Waals surface area contributed by atoms with Crippen molar-refractivity contribution >= 4 is 17.2 Å². The smallest absolute Gasteiger partial charge is 0.352 e. The number of nitrogens with zero attached hydrogens (tertiary/aromatic N) is 1. The lowest BCUT2D eigenvalue weighted by Crippen LogP contribution is -2.26. The Bertz CT molecular complexity index is 762. The number of thiazole rings is 1. The molecule has 0 fully saturated rings. The Hall–Kier alpha value is -1.96. The number of rotatable bonds is 4. The number of aromatic nitrogens is 1. The van der Waals surface area contributed by atoms with E-state index >= 15 is 0 Å². The molecule has 0 saturated carbocycles. The van der Waals surface area contributed by atoms with E-state index in [2.05, 4.69) is 10.3 Å². The highest BCUT2D eigenvalue weighted by Crippen LogP contribution is 2.32. The third-order valence-electron chi connectivity index (χ3n) is 4.05. The molecular formula is C17H16F4N2OS. The van der Waals surface area contributed by atoms with E-state index in [0.29, 0.717) is 18.6 Å². The van der Waals surface area contributed by atoms with Crippen LogP contribution in [0.3, 0.4) is 0 Å². The number of amides is 1. The summed E-state index contributed by atoms with van der Waals surface area (Å²) < 4.78 is 51.4. The van der Waals surface area contributed by atoms with Crippen LogP contribution in [0.4, 0.5) is 17.6 Å². The summed E-state index contributed by atoms with van der Waals surface area (Å²) in [4.78, 5) is 17.8. The van der Waals surface area contributed by atoms with Crippen LogP contribution in [-0.4, -0.2) is 17.4 Å². The lowest BCUT2D eigenvalue weighted by atomic mass is 10.0. The molecule has 0 unspecified atom stereocenters. The van der Waals surface area contributed by atoms with Crippen molar-refractivity contribution in [3.05, 3.63) is 50.7 Å². The van der Waals surface area contributed by atoms with E-state index in [9.17, 15) is 22.4 Å². The molecule has 1 heterocycles. The lowest BCUT2D eigenvalue weighted by Gasteiger charge is -2.10. The number of aryl methyl sites for hydroxylation is 2. The minimum atomic E-state index is -4.83. The largest absolute Gasteiger partial charge is 0.419 e. The first-order valence-electron chi connectivity index (χ1n) is 7.97. The molecule has 0 bridgehead atoms. The van der Waals surface area contributed by atoms with Gasteiger partial charge in [0, 0.05) is 23.4 Å². The van der Waals surface area contributed by atoms with E-state index in [1.54, 1.807) is 11.3 Å². The Kier molecular flexibility index (Phi) is 5.08. The second-order valence-corrected chi connectivity index (χ2v) is 7.05. The van der Waals surface area contributed by atoms with Crippen molar-refractivity contribution in [2.75, 3.05) is 6.54 Å². The number of fused-ring (bicyclic) bond motifs is 1. The molecule has 1 N–H and O–H groups in total. The normalized spacial score (nSPS) is 14.2.